The van der Waals surface area contributed by atoms with Gasteiger partial charge in [0.25, 0.3) is 0 Å². The molecule has 1 N–H and O–H groups in total. The van der Waals surface area contributed by atoms with E-state index in [1.54, 1.807) is 13.8 Å². The van der Waals surface area contributed by atoms with Gasteiger partial charge >= 0.3 is 6.18 Å². The number of hydrogen-bond donors (Lipinski definition) is 1. The van der Waals surface area contributed by atoms with Crippen molar-refractivity contribution >= 4 is 10.9 Å². The van der Waals surface area contributed by atoms with E-state index in [1.807, 2.05) is 30.3 Å². The Morgan fingerprint density at radius 2 is 1.54 bits per heavy atom. The fraction of sp³-hybridized carbons (Fsp3) is 0.211. The van der Waals surface area contributed by atoms with Crippen LogP contribution in [-0.4, -0.2) is 10.1 Å². The number of pyridine rings is 1. The molecule has 0 radical (unpaired) electrons. The summed E-state index contributed by atoms with van der Waals surface area (Å²) in [6.45, 7) is 3.26. The molecule has 0 amide bonds. The smallest absolute Gasteiger partial charge is 0.386 e. The number of aromatic nitrogens is 1. The van der Waals surface area contributed by atoms with Gasteiger partial charge in [-0.1, -0.05) is 30.3 Å². The maximum Gasteiger partial charge on any atom is 0.416 e. The molecule has 0 bridgehead atoms. The van der Waals surface area contributed by atoms with E-state index < -0.39 is 17.3 Å². The van der Waals surface area contributed by atoms with Gasteiger partial charge in [0.15, 0.2) is 0 Å². The molecule has 3 aromatic rings. The third-order valence-corrected chi connectivity index (χ3v) is 3.87. The molecule has 5 heteroatoms. The summed E-state index contributed by atoms with van der Waals surface area (Å²) < 4.78 is 38.2. The minimum atomic E-state index is -4.38. The van der Waals surface area contributed by atoms with Crippen LogP contribution in [0.15, 0.2) is 54.6 Å². The van der Waals surface area contributed by atoms with Crippen molar-refractivity contribution in [3.8, 4) is 11.3 Å². The van der Waals surface area contributed by atoms with Crippen LogP contribution >= 0.6 is 0 Å². The Bertz CT molecular complexity index is 878. The number of benzene rings is 2. The molecule has 0 saturated carbocycles. The number of halogens is 3. The fourth-order valence-electron chi connectivity index (χ4n) is 2.62. The molecule has 1 heterocycles. The first-order chi connectivity index (χ1) is 11.2. The van der Waals surface area contributed by atoms with E-state index in [2.05, 4.69) is 4.98 Å². The van der Waals surface area contributed by atoms with Crippen molar-refractivity contribution in [3.63, 3.8) is 0 Å². The van der Waals surface area contributed by atoms with Crippen LogP contribution in [0.4, 0.5) is 13.2 Å². The van der Waals surface area contributed by atoms with Gasteiger partial charge in [-0.25, -0.2) is 4.98 Å². The molecule has 2 nitrogen and oxygen atoms in total. The van der Waals surface area contributed by atoms with E-state index in [-0.39, 0.29) is 0 Å². The topological polar surface area (TPSA) is 33.1 Å². The lowest BCUT2D eigenvalue weighted by molar-refractivity contribution is -0.137. The zero-order valence-corrected chi connectivity index (χ0v) is 13.2. The molecule has 0 aliphatic rings. The lowest BCUT2D eigenvalue weighted by atomic mass is 9.91. The Labute approximate surface area is 137 Å². The summed E-state index contributed by atoms with van der Waals surface area (Å²) in [5.41, 5.74) is 0.425. The molecule has 0 spiro atoms. The van der Waals surface area contributed by atoms with Gasteiger partial charge < -0.3 is 5.11 Å². The van der Waals surface area contributed by atoms with E-state index in [9.17, 15) is 18.3 Å². The second-order valence-electron chi connectivity index (χ2n) is 6.21. The van der Waals surface area contributed by atoms with Gasteiger partial charge in [-0.05, 0) is 38.1 Å². The van der Waals surface area contributed by atoms with Crippen molar-refractivity contribution in [2.24, 2.45) is 0 Å². The molecule has 0 aliphatic carbocycles. The molecule has 3 rings (SSSR count). The van der Waals surface area contributed by atoms with Crippen LogP contribution < -0.4 is 0 Å². The zero-order chi connectivity index (χ0) is 17.5. The van der Waals surface area contributed by atoms with Crippen molar-refractivity contribution in [1.29, 1.82) is 0 Å². The Kier molecular flexibility index (Phi) is 3.84. The summed E-state index contributed by atoms with van der Waals surface area (Å²) in [7, 11) is 0. The van der Waals surface area contributed by atoms with Gasteiger partial charge in [-0.2, -0.15) is 13.2 Å². The van der Waals surface area contributed by atoms with Crippen LogP contribution in [0.5, 0.6) is 0 Å². The number of alkyl halides is 3. The highest BCUT2D eigenvalue weighted by atomic mass is 19.4. The van der Waals surface area contributed by atoms with Gasteiger partial charge in [-0.3, -0.25) is 0 Å². The van der Waals surface area contributed by atoms with Crippen LogP contribution in [0.3, 0.4) is 0 Å². The SMILES string of the molecule is CC(C)(O)c1cc2ccccc2nc1-c1ccc(C(F)(F)F)cc1. The maximum atomic E-state index is 12.7. The average Bonchev–Trinajstić information content (AvgIpc) is 2.52. The molecule has 0 unspecified atom stereocenters. The lowest BCUT2D eigenvalue weighted by Gasteiger charge is -2.22. The highest BCUT2D eigenvalue weighted by Gasteiger charge is 2.30. The van der Waals surface area contributed by atoms with Gasteiger partial charge in [-0.15, -0.1) is 0 Å². The van der Waals surface area contributed by atoms with Crippen LogP contribution in [-0.2, 0) is 11.8 Å². The second-order valence-corrected chi connectivity index (χ2v) is 6.21. The standard InChI is InChI=1S/C19H16F3NO/c1-18(2,24)15-11-13-5-3-4-6-16(13)23-17(15)12-7-9-14(10-8-12)19(20,21)22/h3-11,24H,1-2H3. The van der Waals surface area contributed by atoms with Crippen molar-refractivity contribution in [2.75, 3.05) is 0 Å². The van der Waals surface area contributed by atoms with Gasteiger partial charge in [0, 0.05) is 16.5 Å². The lowest BCUT2D eigenvalue weighted by Crippen LogP contribution is -2.17. The zero-order valence-electron chi connectivity index (χ0n) is 13.2. The van der Waals surface area contributed by atoms with Gasteiger partial charge in [0.1, 0.15) is 0 Å². The summed E-state index contributed by atoms with van der Waals surface area (Å²) in [6, 6.07) is 14.1. The van der Waals surface area contributed by atoms with E-state index >= 15 is 0 Å². The van der Waals surface area contributed by atoms with Crippen LogP contribution in [0, 0.1) is 0 Å². The van der Waals surface area contributed by atoms with Crippen molar-refractivity contribution in [2.45, 2.75) is 25.6 Å². The van der Waals surface area contributed by atoms with E-state index in [0.717, 1.165) is 23.0 Å². The Balaban J connectivity index is 2.20. The van der Waals surface area contributed by atoms with E-state index in [1.165, 1.54) is 12.1 Å². The predicted molar refractivity (Wildman–Crippen MR) is 87.4 cm³/mol. The molecule has 24 heavy (non-hydrogen) atoms. The van der Waals surface area contributed by atoms with Crippen molar-refractivity contribution in [3.05, 3.63) is 65.7 Å². The molecule has 0 aliphatic heterocycles. The quantitative estimate of drug-likeness (QED) is 0.704. The predicted octanol–water partition coefficient (Wildman–Crippen LogP) is 5.15. The van der Waals surface area contributed by atoms with Crippen molar-refractivity contribution in [1.82, 2.24) is 4.98 Å². The minimum Gasteiger partial charge on any atom is -0.386 e. The van der Waals surface area contributed by atoms with Gasteiger partial charge in [0.05, 0.1) is 22.4 Å². The highest BCUT2D eigenvalue weighted by Crippen LogP contribution is 2.35. The first kappa shape index (κ1) is 16.5. The van der Waals surface area contributed by atoms with Gasteiger partial charge in [0.2, 0.25) is 0 Å². The van der Waals surface area contributed by atoms with E-state index in [4.69, 9.17) is 0 Å². The molecular weight excluding hydrogens is 315 g/mol. The maximum absolute atomic E-state index is 12.7. The minimum absolute atomic E-state index is 0.481. The van der Waals surface area contributed by atoms with Crippen LogP contribution in [0.2, 0.25) is 0 Å². The number of para-hydroxylation sites is 1. The van der Waals surface area contributed by atoms with Crippen LogP contribution in [0.25, 0.3) is 22.2 Å². The molecule has 0 fully saturated rings. The molecule has 124 valence electrons. The fourth-order valence-corrected chi connectivity index (χ4v) is 2.62. The second kappa shape index (κ2) is 5.60. The molecule has 1 aromatic heterocycles. The molecule has 2 aromatic carbocycles. The summed E-state index contributed by atoms with van der Waals surface area (Å²) in [4.78, 5) is 4.56. The number of hydrogen-bond acceptors (Lipinski definition) is 2. The number of fused-ring (bicyclic) bond motifs is 1. The molecule has 0 saturated heterocycles. The Morgan fingerprint density at radius 1 is 0.917 bits per heavy atom. The third kappa shape index (κ3) is 3.12. The number of aliphatic hydroxyl groups is 1. The average molecular weight is 331 g/mol. The summed E-state index contributed by atoms with van der Waals surface area (Å²) in [5, 5.41) is 11.3. The Hall–Kier alpha value is -2.40. The van der Waals surface area contributed by atoms with Crippen molar-refractivity contribution < 1.29 is 18.3 Å². The number of nitrogens with zero attached hydrogens (tertiary/aromatic N) is 1. The molecule has 0 atom stereocenters. The molecular formula is C19H16F3NO. The summed E-state index contributed by atoms with van der Waals surface area (Å²) in [6.07, 6.45) is -4.38. The largest absolute Gasteiger partial charge is 0.416 e. The highest BCUT2D eigenvalue weighted by molar-refractivity contribution is 5.83. The number of rotatable bonds is 2. The van der Waals surface area contributed by atoms with Crippen LogP contribution in [0.1, 0.15) is 25.0 Å². The summed E-state index contributed by atoms with van der Waals surface area (Å²) >= 11 is 0. The Morgan fingerprint density at radius 3 is 2.12 bits per heavy atom. The summed E-state index contributed by atoms with van der Waals surface area (Å²) in [5.74, 6) is 0. The monoisotopic (exact) mass is 331 g/mol. The van der Waals surface area contributed by atoms with E-state index in [0.29, 0.717) is 16.8 Å². The first-order valence-electron chi connectivity index (χ1n) is 7.46. The third-order valence-electron chi connectivity index (χ3n) is 3.87. The normalized spacial score (nSPS) is 12.6. The first-order valence-corrected chi connectivity index (χ1v) is 7.46.